The first kappa shape index (κ1) is 16.2. The van der Waals surface area contributed by atoms with E-state index in [0.717, 1.165) is 4.31 Å². The summed E-state index contributed by atoms with van der Waals surface area (Å²) in [6.45, 7) is 4.00. The quantitative estimate of drug-likeness (QED) is 0.899. The molecular weight excluding hydrogens is 278 g/mol. The van der Waals surface area contributed by atoms with Gasteiger partial charge in [0, 0.05) is 25.0 Å². The van der Waals surface area contributed by atoms with Crippen LogP contribution in [0.25, 0.3) is 10.9 Å². The molecule has 2 rings (SSSR count). The minimum Gasteiger partial charge on any atom is -0.364 e. The fourth-order valence-corrected chi connectivity index (χ4v) is 2.97. The van der Waals surface area contributed by atoms with Crippen LogP contribution in [0.1, 0.15) is 24.3 Å². The summed E-state index contributed by atoms with van der Waals surface area (Å²) < 4.78 is 25.5. The molecule has 20 heavy (non-hydrogen) atoms. The first-order chi connectivity index (χ1) is 9.35. The molecule has 6 nitrogen and oxygen atoms in total. The molecule has 0 unspecified atom stereocenters. The number of carbonyl (C=O) groups excluding carboxylic acids is 1. The maximum Gasteiger partial charge on any atom is 0.266 e. The van der Waals surface area contributed by atoms with E-state index in [1.54, 1.807) is 24.3 Å². The molecule has 0 spiro atoms. The SMILES string of the molecule is CC.CN(C)S(=O)(=O)c1c(C(N)=O)[nH]c2ccccc12. The Balaban J connectivity index is 0.000000956. The predicted octanol–water partition coefficient (Wildman–Crippen LogP) is 1.54. The molecule has 0 atom stereocenters. The normalized spacial score (nSPS) is 11.2. The van der Waals surface area contributed by atoms with Crippen LogP contribution >= 0.6 is 0 Å². The number of hydrogen-bond donors (Lipinski definition) is 2. The molecule has 0 bridgehead atoms. The van der Waals surface area contributed by atoms with Gasteiger partial charge in [-0.2, -0.15) is 0 Å². The van der Waals surface area contributed by atoms with Crippen molar-refractivity contribution in [3.63, 3.8) is 0 Å². The molecule has 3 N–H and O–H groups in total. The van der Waals surface area contributed by atoms with Gasteiger partial charge in [0.25, 0.3) is 5.91 Å². The van der Waals surface area contributed by atoms with Gasteiger partial charge in [0.15, 0.2) is 0 Å². The van der Waals surface area contributed by atoms with Crippen molar-refractivity contribution in [2.45, 2.75) is 18.7 Å². The number of nitrogens with two attached hydrogens (primary N) is 1. The van der Waals surface area contributed by atoms with Crippen LogP contribution < -0.4 is 5.73 Å². The van der Waals surface area contributed by atoms with Crippen LogP contribution in [0.5, 0.6) is 0 Å². The number of primary amides is 1. The van der Waals surface area contributed by atoms with Crippen molar-refractivity contribution in [2.75, 3.05) is 14.1 Å². The van der Waals surface area contributed by atoms with Gasteiger partial charge in [0.1, 0.15) is 10.6 Å². The van der Waals surface area contributed by atoms with E-state index in [2.05, 4.69) is 4.98 Å². The number of para-hydroxylation sites is 1. The van der Waals surface area contributed by atoms with Crippen LogP contribution in [0, 0.1) is 0 Å². The maximum absolute atomic E-state index is 12.2. The lowest BCUT2D eigenvalue weighted by molar-refractivity contribution is 0.0993. The molecule has 0 saturated heterocycles. The fraction of sp³-hybridized carbons (Fsp3) is 0.308. The molecule has 1 aromatic heterocycles. The Morgan fingerprint density at radius 1 is 1.20 bits per heavy atom. The number of nitrogens with zero attached hydrogens (tertiary/aromatic N) is 1. The third-order valence-corrected chi connectivity index (χ3v) is 4.54. The molecule has 1 aromatic carbocycles. The van der Waals surface area contributed by atoms with Gasteiger partial charge in [-0.25, -0.2) is 12.7 Å². The van der Waals surface area contributed by atoms with E-state index < -0.39 is 15.9 Å². The van der Waals surface area contributed by atoms with Crippen LogP contribution in [0.4, 0.5) is 0 Å². The zero-order valence-corrected chi connectivity index (χ0v) is 12.8. The molecule has 0 aliphatic heterocycles. The van der Waals surface area contributed by atoms with Gasteiger partial charge < -0.3 is 10.7 Å². The molecule has 110 valence electrons. The summed E-state index contributed by atoms with van der Waals surface area (Å²) in [6, 6.07) is 6.77. The average Bonchev–Trinajstić information content (AvgIpc) is 2.81. The van der Waals surface area contributed by atoms with E-state index in [4.69, 9.17) is 5.73 Å². The molecule has 0 radical (unpaired) electrons. The minimum atomic E-state index is -3.73. The van der Waals surface area contributed by atoms with Gasteiger partial charge in [0.05, 0.1) is 0 Å². The van der Waals surface area contributed by atoms with E-state index in [-0.39, 0.29) is 10.6 Å². The summed E-state index contributed by atoms with van der Waals surface area (Å²) in [7, 11) is -0.925. The molecule has 0 saturated carbocycles. The van der Waals surface area contributed by atoms with Crippen LogP contribution in [-0.2, 0) is 10.0 Å². The molecule has 0 aliphatic carbocycles. The van der Waals surface area contributed by atoms with Crippen molar-refractivity contribution >= 4 is 26.8 Å². The summed E-state index contributed by atoms with van der Waals surface area (Å²) >= 11 is 0. The minimum absolute atomic E-state index is 0.0735. The zero-order valence-electron chi connectivity index (χ0n) is 12.0. The number of nitrogens with one attached hydrogen (secondary N) is 1. The topological polar surface area (TPSA) is 96.3 Å². The Hall–Kier alpha value is -1.86. The van der Waals surface area contributed by atoms with Crippen molar-refractivity contribution in [3.8, 4) is 0 Å². The van der Waals surface area contributed by atoms with Crippen LogP contribution in [-0.4, -0.2) is 37.7 Å². The summed E-state index contributed by atoms with van der Waals surface area (Å²) in [5.74, 6) is -0.799. The monoisotopic (exact) mass is 297 g/mol. The number of carbonyl (C=O) groups is 1. The molecule has 0 fully saturated rings. The third kappa shape index (κ3) is 2.68. The van der Waals surface area contributed by atoms with Crippen molar-refractivity contribution < 1.29 is 13.2 Å². The molecule has 7 heteroatoms. The maximum atomic E-state index is 12.2. The highest BCUT2D eigenvalue weighted by Gasteiger charge is 2.28. The van der Waals surface area contributed by atoms with E-state index >= 15 is 0 Å². The number of aromatic amines is 1. The number of hydrogen-bond acceptors (Lipinski definition) is 3. The summed E-state index contributed by atoms with van der Waals surface area (Å²) in [5.41, 5.74) is 5.69. The second-order valence-electron chi connectivity index (χ2n) is 4.03. The van der Waals surface area contributed by atoms with E-state index in [9.17, 15) is 13.2 Å². The highest BCUT2D eigenvalue weighted by molar-refractivity contribution is 7.89. The lowest BCUT2D eigenvalue weighted by atomic mass is 10.2. The lowest BCUT2D eigenvalue weighted by Gasteiger charge is -2.11. The van der Waals surface area contributed by atoms with Crippen molar-refractivity contribution in [1.29, 1.82) is 0 Å². The number of sulfonamides is 1. The summed E-state index contributed by atoms with van der Waals surface area (Å²) in [6.07, 6.45) is 0. The Morgan fingerprint density at radius 3 is 2.25 bits per heavy atom. The standard InChI is InChI=1S/C11H13N3O3S.C2H6/c1-14(2)18(16,17)10-7-5-3-4-6-8(7)13-9(10)11(12)15;1-2/h3-6,13H,1-2H3,(H2,12,15);1-2H3. The van der Waals surface area contributed by atoms with Crippen LogP contribution in [0.3, 0.4) is 0 Å². The number of aromatic nitrogens is 1. The Labute approximate surface area is 118 Å². The van der Waals surface area contributed by atoms with Gasteiger partial charge >= 0.3 is 0 Å². The molecule has 0 aliphatic rings. The third-order valence-electron chi connectivity index (χ3n) is 2.64. The first-order valence-electron chi connectivity index (χ1n) is 6.18. The van der Waals surface area contributed by atoms with E-state index in [0.29, 0.717) is 10.9 Å². The number of fused-ring (bicyclic) bond motifs is 1. The number of H-pyrrole nitrogens is 1. The summed E-state index contributed by atoms with van der Waals surface area (Å²) in [4.78, 5) is 14.0. The molecule has 1 amide bonds. The van der Waals surface area contributed by atoms with Gasteiger partial charge in [-0.1, -0.05) is 32.0 Å². The summed E-state index contributed by atoms with van der Waals surface area (Å²) in [5, 5.41) is 0.458. The van der Waals surface area contributed by atoms with Crippen molar-refractivity contribution in [2.24, 2.45) is 5.73 Å². The van der Waals surface area contributed by atoms with Crippen molar-refractivity contribution in [3.05, 3.63) is 30.0 Å². The highest BCUT2D eigenvalue weighted by atomic mass is 32.2. The second kappa shape index (κ2) is 6.06. The van der Waals surface area contributed by atoms with Crippen LogP contribution in [0.15, 0.2) is 29.2 Å². The van der Waals surface area contributed by atoms with Crippen LogP contribution in [0.2, 0.25) is 0 Å². The highest BCUT2D eigenvalue weighted by Crippen LogP contribution is 2.28. The van der Waals surface area contributed by atoms with Gasteiger partial charge in [-0.15, -0.1) is 0 Å². The lowest BCUT2D eigenvalue weighted by Crippen LogP contribution is -2.25. The Bertz CT molecular complexity index is 718. The Kier molecular flexibility index (Phi) is 4.91. The fourth-order valence-electron chi connectivity index (χ4n) is 1.74. The number of benzene rings is 1. The molecule has 2 aromatic rings. The number of rotatable bonds is 3. The van der Waals surface area contributed by atoms with Gasteiger partial charge in [-0.05, 0) is 6.07 Å². The zero-order chi connectivity index (χ0) is 15.5. The van der Waals surface area contributed by atoms with Gasteiger partial charge in [-0.3, -0.25) is 4.79 Å². The van der Waals surface area contributed by atoms with Gasteiger partial charge in [0.2, 0.25) is 10.0 Å². The van der Waals surface area contributed by atoms with Crippen molar-refractivity contribution in [1.82, 2.24) is 9.29 Å². The van der Waals surface area contributed by atoms with E-state index in [1.807, 2.05) is 13.8 Å². The largest absolute Gasteiger partial charge is 0.364 e. The second-order valence-corrected chi connectivity index (χ2v) is 6.12. The first-order valence-corrected chi connectivity index (χ1v) is 7.62. The average molecular weight is 297 g/mol. The predicted molar refractivity (Wildman–Crippen MR) is 79.0 cm³/mol. The Morgan fingerprint density at radius 2 is 1.75 bits per heavy atom. The van der Waals surface area contributed by atoms with E-state index in [1.165, 1.54) is 14.1 Å². The molecule has 1 heterocycles. The molecular formula is C13H19N3O3S. The number of amides is 1. The smallest absolute Gasteiger partial charge is 0.266 e.